The van der Waals surface area contributed by atoms with Gasteiger partial charge in [0.15, 0.2) is 6.61 Å². The summed E-state index contributed by atoms with van der Waals surface area (Å²) in [6, 6.07) is 7.78. The Morgan fingerprint density at radius 2 is 1.50 bits per heavy atom. The lowest BCUT2D eigenvalue weighted by Gasteiger charge is -2.26. The summed E-state index contributed by atoms with van der Waals surface area (Å²) in [7, 11) is 0. The van der Waals surface area contributed by atoms with Crippen molar-refractivity contribution < 1.29 is 19.1 Å². The van der Waals surface area contributed by atoms with Gasteiger partial charge in [-0.15, -0.1) is 0 Å². The van der Waals surface area contributed by atoms with Crippen LogP contribution in [0.5, 0.6) is 0 Å². The van der Waals surface area contributed by atoms with Crippen molar-refractivity contribution in [3.05, 3.63) is 35.9 Å². The van der Waals surface area contributed by atoms with Crippen molar-refractivity contribution in [2.75, 3.05) is 19.7 Å². The van der Waals surface area contributed by atoms with Gasteiger partial charge in [0.2, 0.25) is 0 Å². The molecule has 26 heavy (non-hydrogen) atoms. The second kappa shape index (κ2) is 10.6. The summed E-state index contributed by atoms with van der Waals surface area (Å²) in [5.74, 6) is -0.545. The average Bonchev–Trinajstić information content (AvgIpc) is 2.58. The van der Waals surface area contributed by atoms with Crippen LogP contribution in [0.25, 0.3) is 0 Å². The highest BCUT2D eigenvalue weighted by Crippen LogP contribution is 2.05. The summed E-state index contributed by atoms with van der Waals surface area (Å²) in [5, 5.41) is 2.57. The Kier molecular flexibility index (Phi) is 8.82. The van der Waals surface area contributed by atoms with Crippen molar-refractivity contribution >= 4 is 17.8 Å². The van der Waals surface area contributed by atoms with Crippen LogP contribution in [0.4, 0.5) is 0 Å². The lowest BCUT2D eigenvalue weighted by atomic mass is 10.1. The molecule has 1 aromatic carbocycles. The Morgan fingerprint density at radius 3 is 2.00 bits per heavy atom. The predicted molar refractivity (Wildman–Crippen MR) is 101 cm³/mol. The van der Waals surface area contributed by atoms with Gasteiger partial charge in [0, 0.05) is 18.7 Å². The van der Waals surface area contributed by atoms with E-state index in [1.165, 1.54) is 6.92 Å². The highest BCUT2D eigenvalue weighted by atomic mass is 16.5. The molecule has 1 N–H and O–H groups in total. The molecule has 1 aromatic rings. The van der Waals surface area contributed by atoms with Crippen LogP contribution in [-0.2, 0) is 14.3 Å². The molecule has 0 saturated carbocycles. The Labute approximate surface area is 155 Å². The summed E-state index contributed by atoms with van der Waals surface area (Å²) < 4.78 is 5.10. The molecule has 0 radical (unpaired) electrons. The minimum atomic E-state index is -0.834. The van der Waals surface area contributed by atoms with Gasteiger partial charge in [0.25, 0.3) is 11.8 Å². The second-order valence-corrected chi connectivity index (χ2v) is 7.26. The molecule has 0 saturated heterocycles. The van der Waals surface area contributed by atoms with E-state index in [0.717, 1.165) is 0 Å². The molecule has 0 aliphatic heterocycles. The van der Waals surface area contributed by atoms with E-state index < -0.39 is 12.0 Å². The molecule has 0 bridgehead atoms. The molecule has 6 nitrogen and oxygen atoms in total. The van der Waals surface area contributed by atoms with Crippen molar-refractivity contribution in [2.24, 2.45) is 11.8 Å². The van der Waals surface area contributed by atoms with Gasteiger partial charge in [0.1, 0.15) is 6.04 Å². The molecule has 1 rings (SSSR count). The Hall–Kier alpha value is -2.37. The van der Waals surface area contributed by atoms with E-state index in [1.807, 2.05) is 27.7 Å². The quantitative estimate of drug-likeness (QED) is 0.685. The number of carbonyl (C=O) groups excluding carboxylic acids is 3. The van der Waals surface area contributed by atoms with Crippen molar-refractivity contribution in [1.82, 2.24) is 10.2 Å². The lowest BCUT2D eigenvalue weighted by molar-refractivity contribution is -0.153. The van der Waals surface area contributed by atoms with Crippen LogP contribution in [0.15, 0.2) is 30.3 Å². The van der Waals surface area contributed by atoms with Gasteiger partial charge in [-0.05, 0) is 30.9 Å². The molecule has 144 valence electrons. The number of esters is 1. The largest absolute Gasteiger partial charge is 0.454 e. The van der Waals surface area contributed by atoms with Crippen molar-refractivity contribution in [3.8, 4) is 0 Å². The maximum absolute atomic E-state index is 12.3. The maximum Gasteiger partial charge on any atom is 0.328 e. The van der Waals surface area contributed by atoms with Crippen LogP contribution in [0, 0.1) is 11.8 Å². The van der Waals surface area contributed by atoms with Crippen LogP contribution >= 0.6 is 0 Å². The summed E-state index contributed by atoms with van der Waals surface area (Å²) in [5.41, 5.74) is 0.461. The Balaban J connectivity index is 2.52. The van der Waals surface area contributed by atoms with Crippen LogP contribution in [0.3, 0.4) is 0 Å². The van der Waals surface area contributed by atoms with Gasteiger partial charge in [-0.25, -0.2) is 4.79 Å². The summed E-state index contributed by atoms with van der Waals surface area (Å²) in [6.07, 6.45) is 0. The fourth-order valence-corrected chi connectivity index (χ4v) is 2.44. The first-order valence-corrected chi connectivity index (χ1v) is 9.01. The molecule has 6 heteroatoms. The highest BCUT2D eigenvalue weighted by Gasteiger charge is 2.21. The third-order valence-corrected chi connectivity index (χ3v) is 3.60. The third-order valence-electron chi connectivity index (χ3n) is 3.60. The number of rotatable bonds is 9. The molecule has 0 aliphatic rings. The number of carbonyl (C=O) groups is 3. The molecule has 0 spiro atoms. The summed E-state index contributed by atoms with van der Waals surface area (Å²) in [6.45, 7) is 10.6. The van der Waals surface area contributed by atoms with E-state index in [9.17, 15) is 14.4 Å². The van der Waals surface area contributed by atoms with Crippen LogP contribution in [0.2, 0.25) is 0 Å². The van der Waals surface area contributed by atoms with Crippen molar-refractivity contribution in [2.45, 2.75) is 40.7 Å². The van der Waals surface area contributed by atoms with E-state index in [1.54, 1.807) is 35.2 Å². The van der Waals surface area contributed by atoms with E-state index in [-0.39, 0.29) is 18.4 Å². The first kappa shape index (κ1) is 21.7. The standard InChI is InChI=1S/C20H30N2O4/c1-14(2)11-22(12-15(3)4)18(23)13-26-20(25)16(5)21-19(24)17-9-7-6-8-10-17/h6-10,14-16H,11-13H2,1-5H3,(H,21,24). The van der Waals surface area contributed by atoms with Gasteiger partial charge in [-0.2, -0.15) is 0 Å². The first-order chi connectivity index (χ1) is 12.2. The number of ether oxygens (including phenoxy) is 1. The molecule has 0 aliphatic carbocycles. The molecule has 0 fully saturated rings. The minimum absolute atomic E-state index is 0.220. The zero-order valence-corrected chi connectivity index (χ0v) is 16.3. The minimum Gasteiger partial charge on any atom is -0.454 e. The molecular formula is C20H30N2O4. The van der Waals surface area contributed by atoms with Gasteiger partial charge >= 0.3 is 5.97 Å². The maximum atomic E-state index is 12.3. The zero-order valence-electron chi connectivity index (χ0n) is 16.3. The predicted octanol–water partition coefficient (Wildman–Crippen LogP) is 2.49. The summed E-state index contributed by atoms with van der Waals surface area (Å²) in [4.78, 5) is 38.2. The topological polar surface area (TPSA) is 75.7 Å². The first-order valence-electron chi connectivity index (χ1n) is 9.01. The van der Waals surface area contributed by atoms with Gasteiger partial charge in [-0.1, -0.05) is 45.9 Å². The highest BCUT2D eigenvalue weighted by molar-refractivity contribution is 5.96. The van der Waals surface area contributed by atoms with Crippen LogP contribution < -0.4 is 5.32 Å². The van der Waals surface area contributed by atoms with Gasteiger partial charge < -0.3 is 15.0 Å². The molecule has 0 aromatic heterocycles. The van der Waals surface area contributed by atoms with E-state index >= 15 is 0 Å². The Morgan fingerprint density at radius 1 is 0.962 bits per heavy atom. The summed E-state index contributed by atoms with van der Waals surface area (Å²) >= 11 is 0. The SMILES string of the molecule is CC(C)CN(CC(C)C)C(=O)COC(=O)C(C)NC(=O)c1ccccc1. The van der Waals surface area contributed by atoms with E-state index in [4.69, 9.17) is 4.74 Å². The number of hydrogen-bond donors (Lipinski definition) is 1. The second-order valence-electron chi connectivity index (χ2n) is 7.26. The molecule has 0 heterocycles. The van der Waals surface area contributed by atoms with Crippen molar-refractivity contribution in [1.29, 1.82) is 0 Å². The normalized spacial score (nSPS) is 12.0. The smallest absolute Gasteiger partial charge is 0.328 e. The van der Waals surface area contributed by atoms with Crippen molar-refractivity contribution in [3.63, 3.8) is 0 Å². The third kappa shape index (κ3) is 7.68. The molecule has 2 amide bonds. The number of nitrogens with zero attached hydrogens (tertiary/aromatic N) is 1. The average molecular weight is 362 g/mol. The molecule has 1 atom stereocenters. The van der Waals surface area contributed by atoms with E-state index in [0.29, 0.717) is 30.5 Å². The number of hydrogen-bond acceptors (Lipinski definition) is 4. The lowest BCUT2D eigenvalue weighted by Crippen LogP contribution is -2.43. The fraction of sp³-hybridized carbons (Fsp3) is 0.550. The fourth-order valence-electron chi connectivity index (χ4n) is 2.44. The number of amides is 2. The van der Waals surface area contributed by atoms with Crippen LogP contribution in [0.1, 0.15) is 45.0 Å². The van der Waals surface area contributed by atoms with Gasteiger partial charge in [0.05, 0.1) is 0 Å². The zero-order chi connectivity index (χ0) is 19.7. The molecule has 1 unspecified atom stereocenters. The Bertz CT molecular complexity index is 589. The number of benzene rings is 1. The monoisotopic (exact) mass is 362 g/mol. The van der Waals surface area contributed by atoms with Crippen LogP contribution in [-0.4, -0.2) is 48.4 Å². The van der Waals surface area contributed by atoms with E-state index in [2.05, 4.69) is 5.32 Å². The molecular weight excluding hydrogens is 332 g/mol. The number of nitrogens with one attached hydrogen (secondary N) is 1. The van der Waals surface area contributed by atoms with Gasteiger partial charge in [-0.3, -0.25) is 9.59 Å².